The third-order valence-electron chi connectivity index (χ3n) is 2.74. The summed E-state index contributed by atoms with van der Waals surface area (Å²) in [6, 6.07) is 7.89. The summed E-state index contributed by atoms with van der Waals surface area (Å²) in [6.07, 6.45) is 3.62. The number of nitrogens with two attached hydrogens (primary N) is 1. The maximum absolute atomic E-state index is 5.63. The summed E-state index contributed by atoms with van der Waals surface area (Å²) in [6.45, 7) is 2.68. The normalized spacial score (nSPS) is 10.2. The van der Waals surface area contributed by atoms with Crippen LogP contribution < -0.4 is 10.6 Å². The van der Waals surface area contributed by atoms with Crippen LogP contribution in [-0.2, 0) is 6.54 Å². The second kappa shape index (κ2) is 5.75. The summed E-state index contributed by atoms with van der Waals surface area (Å²) >= 11 is 4.98. The van der Waals surface area contributed by atoms with Crippen LogP contribution in [0.2, 0.25) is 0 Å². The second-order valence-corrected chi connectivity index (χ2v) is 4.92. The highest BCUT2D eigenvalue weighted by Crippen LogP contribution is 2.11. The molecular formula is C14H16N4S. The highest BCUT2D eigenvalue weighted by molar-refractivity contribution is 7.80. The third kappa shape index (κ3) is 3.48. The Morgan fingerprint density at radius 3 is 2.63 bits per heavy atom. The van der Waals surface area contributed by atoms with Gasteiger partial charge in [-0.15, -0.1) is 0 Å². The minimum atomic E-state index is 0.413. The van der Waals surface area contributed by atoms with E-state index in [1.54, 1.807) is 0 Å². The van der Waals surface area contributed by atoms with E-state index in [4.69, 9.17) is 18.0 Å². The average Bonchev–Trinajstić information content (AvgIpc) is 2.39. The van der Waals surface area contributed by atoms with E-state index >= 15 is 0 Å². The summed E-state index contributed by atoms with van der Waals surface area (Å²) in [5.74, 6) is 0.700. The topological polar surface area (TPSA) is 55.0 Å². The quantitative estimate of drug-likeness (QED) is 0.863. The molecule has 0 amide bonds. The molecule has 0 spiro atoms. The zero-order valence-corrected chi connectivity index (χ0v) is 11.8. The molecule has 0 aliphatic heterocycles. The largest absolute Gasteiger partial charge is 0.389 e. The van der Waals surface area contributed by atoms with Gasteiger partial charge in [-0.25, -0.2) is 9.97 Å². The first-order valence-corrected chi connectivity index (χ1v) is 6.35. The van der Waals surface area contributed by atoms with Crippen LogP contribution in [0.3, 0.4) is 0 Å². The lowest BCUT2D eigenvalue weighted by Crippen LogP contribution is -2.19. The van der Waals surface area contributed by atoms with Gasteiger partial charge >= 0.3 is 0 Å². The predicted molar refractivity (Wildman–Crippen MR) is 81.2 cm³/mol. The van der Waals surface area contributed by atoms with E-state index in [1.807, 2.05) is 55.5 Å². The molecule has 0 fully saturated rings. The molecule has 0 bridgehead atoms. The van der Waals surface area contributed by atoms with Crippen molar-refractivity contribution in [2.75, 3.05) is 11.9 Å². The molecule has 1 aromatic carbocycles. The number of aromatic nitrogens is 2. The fourth-order valence-corrected chi connectivity index (χ4v) is 1.88. The van der Waals surface area contributed by atoms with Crippen molar-refractivity contribution in [3.8, 4) is 0 Å². The lowest BCUT2D eigenvalue weighted by atomic mass is 10.1. The van der Waals surface area contributed by atoms with Crippen LogP contribution in [0.4, 0.5) is 5.95 Å². The Morgan fingerprint density at radius 2 is 2.00 bits per heavy atom. The Kier molecular flexibility index (Phi) is 4.06. The molecule has 1 heterocycles. The first kappa shape index (κ1) is 13.4. The first-order chi connectivity index (χ1) is 9.06. The van der Waals surface area contributed by atoms with E-state index in [0.29, 0.717) is 17.5 Å². The molecule has 1 aromatic heterocycles. The highest BCUT2D eigenvalue weighted by Gasteiger charge is 2.06. The van der Waals surface area contributed by atoms with Crippen molar-refractivity contribution in [2.24, 2.45) is 5.73 Å². The van der Waals surface area contributed by atoms with Crippen LogP contribution in [0.5, 0.6) is 0 Å². The number of rotatable bonds is 4. The van der Waals surface area contributed by atoms with Gasteiger partial charge < -0.3 is 10.6 Å². The summed E-state index contributed by atoms with van der Waals surface area (Å²) in [5, 5.41) is 0. The summed E-state index contributed by atoms with van der Waals surface area (Å²) in [7, 11) is 1.96. The van der Waals surface area contributed by atoms with Gasteiger partial charge in [-0.1, -0.05) is 30.4 Å². The lowest BCUT2D eigenvalue weighted by Gasteiger charge is -2.17. The lowest BCUT2D eigenvalue weighted by molar-refractivity contribution is 0.863. The zero-order chi connectivity index (χ0) is 13.8. The van der Waals surface area contributed by atoms with Crippen molar-refractivity contribution >= 4 is 23.2 Å². The second-order valence-electron chi connectivity index (χ2n) is 4.48. The number of anilines is 1. The number of thiocarbonyl (C=S) groups is 1. The van der Waals surface area contributed by atoms with Crippen molar-refractivity contribution < 1.29 is 0 Å². The standard InChI is InChI=1S/C14H16N4S/c1-10-7-16-14(17-8-10)18(2)9-11-4-3-5-12(6-11)13(15)19/h3-8H,9H2,1-2H3,(H2,15,19). The summed E-state index contributed by atoms with van der Waals surface area (Å²) in [4.78, 5) is 11.0. The smallest absolute Gasteiger partial charge is 0.225 e. The van der Waals surface area contributed by atoms with E-state index in [-0.39, 0.29) is 0 Å². The monoisotopic (exact) mass is 272 g/mol. The van der Waals surface area contributed by atoms with Crippen molar-refractivity contribution in [2.45, 2.75) is 13.5 Å². The number of benzene rings is 1. The highest BCUT2D eigenvalue weighted by atomic mass is 32.1. The van der Waals surface area contributed by atoms with Crippen molar-refractivity contribution in [3.63, 3.8) is 0 Å². The molecule has 2 N–H and O–H groups in total. The number of aryl methyl sites for hydroxylation is 1. The summed E-state index contributed by atoms with van der Waals surface area (Å²) < 4.78 is 0. The minimum Gasteiger partial charge on any atom is -0.389 e. The van der Waals surface area contributed by atoms with Gasteiger partial charge in [0.15, 0.2) is 0 Å². The van der Waals surface area contributed by atoms with Gasteiger partial charge in [0.1, 0.15) is 4.99 Å². The van der Waals surface area contributed by atoms with Crippen molar-refractivity contribution in [3.05, 3.63) is 53.3 Å². The minimum absolute atomic E-state index is 0.413. The molecule has 0 saturated carbocycles. The first-order valence-electron chi connectivity index (χ1n) is 5.95. The molecule has 0 unspecified atom stereocenters. The molecular weight excluding hydrogens is 256 g/mol. The molecule has 4 nitrogen and oxygen atoms in total. The van der Waals surface area contributed by atoms with Gasteiger partial charge in [0, 0.05) is 31.5 Å². The van der Waals surface area contributed by atoms with Crippen LogP contribution in [0, 0.1) is 6.92 Å². The van der Waals surface area contributed by atoms with Crippen LogP contribution in [0.25, 0.3) is 0 Å². The van der Waals surface area contributed by atoms with Gasteiger partial charge in [-0.2, -0.15) is 0 Å². The molecule has 0 aliphatic carbocycles. The van der Waals surface area contributed by atoms with E-state index in [1.165, 1.54) is 0 Å². The van der Waals surface area contributed by atoms with Crippen LogP contribution >= 0.6 is 12.2 Å². The van der Waals surface area contributed by atoms with Gasteiger partial charge in [-0.05, 0) is 24.1 Å². The van der Waals surface area contributed by atoms with Crippen LogP contribution in [-0.4, -0.2) is 22.0 Å². The fourth-order valence-electron chi connectivity index (χ4n) is 1.75. The van der Waals surface area contributed by atoms with Crippen molar-refractivity contribution in [1.29, 1.82) is 0 Å². The molecule has 0 radical (unpaired) electrons. The summed E-state index contributed by atoms with van der Waals surface area (Å²) in [5.41, 5.74) is 8.69. The molecule has 0 aliphatic rings. The van der Waals surface area contributed by atoms with Crippen LogP contribution in [0.1, 0.15) is 16.7 Å². The van der Waals surface area contributed by atoms with E-state index in [0.717, 1.165) is 16.7 Å². The van der Waals surface area contributed by atoms with Gasteiger partial charge in [0.2, 0.25) is 5.95 Å². The molecule has 2 rings (SSSR count). The third-order valence-corrected chi connectivity index (χ3v) is 2.98. The van der Waals surface area contributed by atoms with E-state index in [9.17, 15) is 0 Å². The van der Waals surface area contributed by atoms with Gasteiger partial charge in [0.25, 0.3) is 0 Å². The number of hydrogen-bond donors (Lipinski definition) is 1. The molecule has 5 heteroatoms. The Bertz CT molecular complexity index is 580. The van der Waals surface area contributed by atoms with Crippen LogP contribution in [0.15, 0.2) is 36.7 Å². The molecule has 0 atom stereocenters. The van der Waals surface area contributed by atoms with Gasteiger partial charge in [-0.3, -0.25) is 0 Å². The van der Waals surface area contributed by atoms with Gasteiger partial charge in [0.05, 0.1) is 0 Å². The Labute approximate surface area is 118 Å². The Balaban J connectivity index is 2.14. The predicted octanol–water partition coefficient (Wildman–Crippen LogP) is 2.06. The Morgan fingerprint density at radius 1 is 1.32 bits per heavy atom. The molecule has 0 saturated heterocycles. The number of nitrogens with zero attached hydrogens (tertiary/aromatic N) is 3. The molecule has 19 heavy (non-hydrogen) atoms. The molecule has 2 aromatic rings. The van der Waals surface area contributed by atoms with Crippen molar-refractivity contribution in [1.82, 2.24) is 9.97 Å². The molecule has 98 valence electrons. The number of hydrogen-bond acceptors (Lipinski definition) is 4. The maximum atomic E-state index is 5.63. The zero-order valence-electron chi connectivity index (χ0n) is 11.0. The average molecular weight is 272 g/mol. The SMILES string of the molecule is Cc1cnc(N(C)Cc2cccc(C(N)=S)c2)nc1. The Hall–Kier alpha value is -2.01. The van der Waals surface area contributed by atoms with E-state index in [2.05, 4.69) is 9.97 Å². The maximum Gasteiger partial charge on any atom is 0.225 e. The van der Waals surface area contributed by atoms with E-state index < -0.39 is 0 Å². The fraction of sp³-hybridized carbons (Fsp3) is 0.214.